The molecule has 0 bridgehead atoms. The van der Waals surface area contributed by atoms with Crippen molar-refractivity contribution in [3.05, 3.63) is 0 Å². The first kappa shape index (κ1) is 17.3. The molecule has 1 saturated heterocycles. The van der Waals surface area contributed by atoms with Gasteiger partial charge in [-0.2, -0.15) is 0 Å². The average molecular weight is 295 g/mol. The zero-order chi connectivity index (χ0) is 15.5. The van der Waals surface area contributed by atoms with E-state index in [0.717, 1.165) is 23.9 Å². The third-order valence-electron chi connectivity index (χ3n) is 6.07. The van der Waals surface area contributed by atoms with E-state index in [-0.39, 0.29) is 0 Å². The van der Waals surface area contributed by atoms with E-state index in [1.807, 2.05) is 0 Å². The minimum atomic E-state index is 0.446. The van der Waals surface area contributed by atoms with Crippen molar-refractivity contribution in [1.82, 2.24) is 10.2 Å². The summed E-state index contributed by atoms with van der Waals surface area (Å²) in [5.41, 5.74) is 0.446. The van der Waals surface area contributed by atoms with Gasteiger partial charge in [0.1, 0.15) is 0 Å². The molecule has 2 nitrogen and oxygen atoms in total. The van der Waals surface area contributed by atoms with E-state index in [9.17, 15) is 0 Å². The first-order valence-corrected chi connectivity index (χ1v) is 9.40. The molecule has 1 N–H and O–H groups in total. The van der Waals surface area contributed by atoms with E-state index in [4.69, 9.17) is 0 Å². The summed E-state index contributed by atoms with van der Waals surface area (Å²) < 4.78 is 0. The number of nitrogens with zero attached hydrogens (tertiary/aromatic N) is 1. The molecular weight excluding hydrogens is 256 g/mol. The molecule has 1 aliphatic carbocycles. The van der Waals surface area contributed by atoms with Gasteiger partial charge in [0.2, 0.25) is 0 Å². The van der Waals surface area contributed by atoms with E-state index in [0.29, 0.717) is 5.41 Å². The molecule has 124 valence electrons. The van der Waals surface area contributed by atoms with Crippen molar-refractivity contribution in [3.8, 4) is 0 Å². The van der Waals surface area contributed by atoms with Crippen LogP contribution in [-0.4, -0.2) is 36.6 Å². The van der Waals surface area contributed by atoms with Gasteiger partial charge in [0.25, 0.3) is 0 Å². The second-order valence-corrected chi connectivity index (χ2v) is 8.67. The van der Waals surface area contributed by atoms with E-state index in [2.05, 4.69) is 44.8 Å². The highest BCUT2D eigenvalue weighted by molar-refractivity contribution is 4.93. The quantitative estimate of drug-likeness (QED) is 0.813. The molecule has 0 spiro atoms. The second-order valence-electron chi connectivity index (χ2n) is 8.67. The van der Waals surface area contributed by atoms with Crippen molar-refractivity contribution in [2.75, 3.05) is 19.6 Å². The predicted octanol–water partition coefficient (Wildman–Crippen LogP) is 4.30. The Balaban J connectivity index is 2.00. The van der Waals surface area contributed by atoms with Gasteiger partial charge in [-0.1, -0.05) is 53.9 Å². The van der Waals surface area contributed by atoms with Crippen molar-refractivity contribution in [3.63, 3.8) is 0 Å². The van der Waals surface area contributed by atoms with E-state index >= 15 is 0 Å². The lowest BCUT2D eigenvalue weighted by atomic mass is 9.81. The molecule has 1 aliphatic heterocycles. The standard InChI is InChI=1S/C19H38N2/c1-6-19(4,5)14-21-13-17(16-10-8-7-9-11-16)20-12-18(21)15(2)3/h15-18,20H,6-14H2,1-5H3. The molecule has 2 unspecified atom stereocenters. The van der Waals surface area contributed by atoms with Crippen LogP contribution >= 0.6 is 0 Å². The van der Waals surface area contributed by atoms with Crippen LogP contribution in [0.1, 0.15) is 73.1 Å². The molecule has 0 aromatic heterocycles. The molecule has 2 atom stereocenters. The molecule has 2 rings (SSSR count). The van der Waals surface area contributed by atoms with Crippen LogP contribution in [-0.2, 0) is 0 Å². The van der Waals surface area contributed by atoms with Crippen LogP contribution in [0.2, 0.25) is 0 Å². The summed E-state index contributed by atoms with van der Waals surface area (Å²) in [4.78, 5) is 2.82. The summed E-state index contributed by atoms with van der Waals surface area (Å²) in [6.07, 6.45) is 8.55. The Morgan fingerprint density at radius 1 is 1.14 bits per heavy atom. The number of hydrogen-bond acceptors (Lipinski definition) is 2. The number of nitrogens with one attached hydrogen (secondary N) is 1. The molecule has 0 amide bonds. The average Bonchev–Trinajstić information content (AvgIpc) is 2.47. The maximum absolute atomic E-state index is 3.91. The first-order chi connectivity index (χ1) is 9.93. The largest absolute Gasteiger partial charge is 0.311 e. The van der Waals surface area contributed by atoms with Crippen LogP contribution < -0.4 is 5.32 Å². The van der Waals surface area contributed by atoms with Crippen LogP contribution in [0.25, 0.3) is 0 Å². The zero-order valence-electron chi connectivity index (χ0n) is 15.1. The van der Waals surface area contributed by atoms with Crippen LogP contribution in [0.15, 0.2) is 0 Å². The Hall–Kier alpha value is -0.0800. The van der Waals surface area contributed by atoms with Crippen LogP contribution in [0, 0.1) is 17.3 Å². The van der Waals surface area contributed by atoms with E-state index in [1.165, 1.54) is 58.2 Å². The maximum Gasteiger partial charge on any atom is 0.0244 e. The lowest BCUT2D eigenvalue weighted by Gasteiger charge is -2.47. The van der Waals surface area contributed by atoms with Crippen molar-refractivity contribution in [2.24, 2.45) is 17.3 Å². The molecular formula is C19H38N2. The fourth-order valence-electron chi connectivity index (χ4n) is 4.21. The van der Waals surface area contributed by atoms with Crippen LogP contribution in [0.5, 0.6) is 0 Å². The van der Waals surface area contributed by atoms with Gasteiger partial charge in [-0.3, -0.25) is 4.90 Å². The Morgan fingerprint density at radius 3 is 2.38 bits per heavy atom. The monoisotopic (exact) mass is 294 g/mol. The van der Waals surface area contributed by atoms with Crippen molar-refractivity contribution < 1.29 is 0 Å². The third-order valence-corrected chi connectivity index (χ3v) is 6.07. The first-order valence-electron chi connectivity index (χ1n) is 9.40. The second kappa shape index (κ2) is 7.46. The Labute approximate surface area is 133 Å². The highest BCUT2D eigenvalue weighted by Crippen LogP contribution is 2.31. The lowest BCUT2D eigenvalue weighted by Crippen LogP contribution is -2.61. The van der Waals surface area contributed by atoms with Gasteiger partial charge in [-0.15, -0.1) is 0 Å². The summed E-state index contributed by atoms with van der Waals surface area (Å²) >= 11 is 0. The molecule has 1 saturated carbocycles. The SMILES string of the molecule is CCC(C)(C)CN1CC(C2CCCCC2)NCC1C(C)C. The van der Waals surface area contributed by atoms with Crippen LogP contribution in [0.3, 0.4) is 0 Å². The van der Waals surface area contributed by atoms with Gasteiger partial charge >= 0.3 is 0 Å². The van der Waals surface area contributed by atoms with Crippen molar-refractivity contribution >= 4 is 0 Å². The summed E-state index contributed by atoms with van der Waals surface area (Å²) in [6, 6.07) is 1.46. The molecule has 0 aromatic carbocycles. The van der Waals surface area contributed by atoms with E-state index < -0.39 is 0 Å². The van der Waals surface area contributed by atoms with Crippen molar-refractivity contribution in [1.29, 1.82) is 0 Å². The van der Waals surface area contributed by atoms with Gasteiger partial charge in [0.15, 0.2) is 0 Å². The Morgan fingerprint density at radius 2 is 1.81 bits per heavy atom. The number of rotatable bonds is 5. The highest BCUT2D eigenvalue weighted by atomic mass is 15.2. The van der Waals surface area contributed by atoms with Gasteiger partial charge < -0.3 is 5.32 Å². The normalized spacial score (nSPS) is 30.0. The van der Waals surface area contributed by atoms with Gasteiger partial charge in [-0.25, -0.2) is 0 Å². The van der Waals surface area contributed by atoms with E-state index in [1.54, 1.807) is 0 Å². The fourth-order valence-corrected chi connectivity index (χ4v) is 4.21. The number of piperazine rings is 1. The fraction of sp³-hybridized carbons (Fsp3) is 1.00. The van der Waals surface area contributed by atoms with Gasteiger partial charge in [-0.05, 0) is 36.5 Å². The highest BCUT2D eigenvalue weighted by Gasteiger charge is 2.35. The summed E-state index contributed by atoms with van der Waals surface area (Å²) in [5, 5.41) is 3.91. The summed E-state index contributed by atoms with van der Waals surface area (Å²) in [6.45, 7) is 15.7. The topological polar surface area (TPSA) is 15.3 Å². The molecule has 0 aromatic rings. The predicted molar refractivity (Wildman–Crippen MR) is 92.6 cm³/mol. The molecule has 0 radical (unpaired) electrons. The summed E-state index contributed by atoms with van der Waals surface area (Å²) in [5.74, 6) is 1.68. The maximum atomic E-state index is 3.91. The number of hydrogen-bond donors (Lipinski definition) is 1. The molecule has 1 heterocycles. The minimum absolute atomic E-state index is 0.446. The minimum Gasteiger partial charge on any atom is -0.311 e. The lowest BCUT2D eigenvalue weighted by molar-refractivity contribution is 0.0410. The zero-order valence-corrected chi connectivity index (χ0v) is 15.1. The smallest absolute Gasteiger partial charge is 0.0244 e. The molecule has 2 aliphatic rings. The van der Waals surface area contributed by atoms with Gasteiger partial charge in [0.05, 0.1) is 0 Å². The Kier molecular flexibility index (Phi) is 6.14. The van der Waals surface area contributed by atoms with Gasteiger partial charge in [0, 0.05) is 31.7 Å². The molecule has 2 fully saturated rings. The summed E-state index contributed by atoms with van der Waals surface area (Å²) in [7, 11) is 0. The van der Waals surface area contributed by atoms with Crippen LogP contribution in [0.4, 0.5) is 0 Å². The Bertz CT molecular complexity index is 305. The van der Waals surface area contributed by atoms with Crippen molar-refractivity contribution in [2.45, 2.75) is 85.2 Å². The molecule has 2 heteroatoms. The third kappa shape index (κ3) is 4.69. The molecule has 21 heavy (non-hydrogen) atoms.